The second-order valence-corrected chi connectivity index (χ2v) is 7.89. The number of methoxy groups -OCH3 is 1. The van der Waals surface area contributed by atoms with E-state index in [2.05, 4.69) is 16.0 Å². The number of amides is 5. The molecule has 1 heterocycles. The largest absolute Gasteiger partial charge is 0.497 e. The molecular weight excluding hydrogens is 436 g/mol. The Morgan fingerprint density at radius 1 is 1.12 bits per heavy atom. The van der Waals surface area contributed by atoms with Crippen LogP contribution in [0.5, 0.6) is 5.75 Å². The van der Waals surface area contributed by atoms with E-state index >= 15 is 0 Å². The zero-order valence-electron chi connectivity index (χ0n) is 17.8. The van der Waals surface area contributed by atoms with Crippen LogP contribution in [0, 0.1) is 6.92 Å². The van der Waals surface area contributed by atoms with Gasteiger partial charge in [0.2, 0.25) is 11.8 Å². The number of hydrogen-bond donors (Lipinski definition) is 3. The van der Waals surface area contributed by atoms with E-state index < -0.39 is 35.8 Å². The number of anilines is 1. The predicted octanol–water partition coefficient (Wildman–Crippen LogP) is 2.18. The number of ether oxygens (including phenoxy) is 1. The number of urea groups is 1. The molecule has 1 aliphatic rings. The van der Waals surface area contributed by atoms with Gasteiger partial charge in [0.15, 0.2) is 0 Å². The van der Waals surface area contributed by atoms with Crippen LogP contribution < -0.4 is 20.7 Å². The van der Waals surface area contributed by atoms with Crippen molar-refractivity contribution in [2.45, 2.75) is 19.4 Å². The highest BCUT2D eigenvalue weighted by Gasteiger charge is 2.49. The average molecular weight is 459 g/mol. The Morgan fingerprint density at radius 2 is 1.81 bits per heavy atom. The summed E-state index contributed by atoms with van der Waals surface area (Å²) in [6.07, 6.45) is 0. The van der Waals surface area contributed by atoms with E-state index in [0.29, 0.717) is 22.0 Å². The second-order valence-electron chi connectivity index (χ2n) is 7.48. The van der Waals surface area contributed by atoms with Gasteiger partial charge < -0.3 is 20.7 Å². The number of carbonyl (C=O) groups is 4. The minimum absolute atomic E-state index is 0.345. The molecular formula is C22H23ClN4O5. The lowest BCUT2D eigenvalue weighted by Crippen LogP contribution is -2.44. The Balaban J connectivity index is 1.58. The number of imide groups is 1. The quantitative estimate of drug-likeness (QED) is 0.550. The molecule has 32 heavy (non-hydrogen) atoms. The first-order valence-electron chi connectivity index (χ1n) is 9.75. The van der Waals surface area contributed by atoms with Gasteiger partial charge in [0.25, 0.3) is 5.91 Å². The molecule has 1 atom stereocenters. The SMILES string of the molecule is COc1ccc(C2(C)NC(=O)N(CC(=O)NCC(=O)Nc3ccc(C)cc3Cl)C2=O)cc1. The van der Waals surface area contributed by atoms with Crippen molar-refractivity contribution >= 4 is 41.0 Å². The summed E-state index contributed by atoms with van der Waals surface area (Å²) in [5.41, 5.74) is 0.592. The van der Waals surface area contributed by atoms with Gasteiger partial charge in [0.05, 0.1) is 24.4 Å². The van der Waals surface area contributed by atoms with Crippen LogP contribution in [0.2, 0.25) is 5.02 Å². The molecule has 0 aliphatic carbocycles. The normalized spacial score (nSPS) is 17.7. The van der Waals surface area contributed by atoms with Gasteiger partial charge in [0, 0.05) is 0 Å². The summed E-state index contributed by atoms with van der Waals surface area (Å²) in [4.78, 5) is 50.5. The molecule has 9 nitrogen and oxygen atoms in total. The molecule has 0 radical (unpaired) electrons. The fourth-order valence-corrected chi connectivity index (χ4v) is 3.54. The maximum Gasteiger partial charge on any atom is 0.325 e. The molecule has 1 fully saturated rings. The van der Waals surface area contributed by atoms with Gasteiger partial charge in [-0.2, -0.15) is 0 Å². The molecule has 1 unspecified atom stereocenters. The average Bonchev–Trinajstić information content (AvgIpc) is 2.98. The lowest BCUT2D eigenvalue weighted by Gasteiger charge is -2.22. The predicted molar refractivity (Wildman–Crippen MR) is 118 cm³/mol. The molecule has 3 N–H and O–H groups in total. The molecule has 3 rings (SSSR count). The molecule has 10 heteroatoms. The van der Waals surface area contributed by atoms with Crippen molar-refractivity contribution in [3.05, 3.63) is 58.6 Å². The number of nitrogens with one attached hydrogen (secondary N) is 3. The Hall–Kier alpha value is -3.59. The first-order valence-corrected chi connectivity index (χ1v) is 10.1. The van der Waals surface area contributed by atoms with Crippen LogP contribution in [0.1, 0.15) is 18.1 Å². The van der Waals surface area contributed by atoms with E-state index in [0.717, 1.165) is 10.5 Å². The van der Waals surface area contributed by atoms with Gasteiger partial charge in [-0.25, -0.2) is 4.79 Å². The topological polar surface area (TPSA) is 117 Å². The van der Waals surface area contributed by atoms with E-state index in [9.17, 15) is 19.2 Å². The van der Waals surface area contributed by atoms with Crippen molar-refractivity contribution < 1.29 is 23.9 Å². The van der Waals surface area contributed by atoms with E-state index in [1.165, 1.54) is 7.11 Å². The Kier molecular flexibility index (Phi) is 6.69. The molecule has 1 aliphatic heterocycles. The zero-order chi connectivity index (χ0) is 23.5. The maximum absolute atomic E-state index is 12.9. The van der Waals surface area contributed by atoms with Crippen LogP contribution in [0.15, 0.2) is 42.5 Å². The van der Waals surface area contributed by atoms with Gasteiger partial charge in [0.1, 0.15) is 17.8 Å². The van der Waals surface area contributed by atoms with E-state index in [1.54, 1.807) is 49.4 Å². The fraction of sp³-hybridized carbons (Fsp3) is 0.273. The van der Waals surface area contributed by atoms with Gasteiger partial charge in [-0.15, -0.1) is 0 Å². The highest BCUT2D eigenvalue weighted by molar-refractivity contribution is 6.33. The number of aryl methyl sites for hydroxylation is 1. The summed E-state index contributed by atoms with van der Waals surface area (Å²) in [5.74, 6) is -1.11. The number of carbonyl (C=O) groups excluding carboxylic acids is 4. The molecule has 0 spiro atoms. The van der Waals surface area contributed by atoms with Crippen LogP contribution in [0.4, 0.5) is 10.5 Å². The molecule has 1 saturated heterocycles. The fourth-order valence-electron chi connectivity index (χ4n) is 3.25. The monoisotopic (exact) mass is 458 g/mol. The van der Waals surface area contributed by atoms with Crippen LogP contribution in [-0.4, -0.2) is 48.9 Å². The molecule has 0 saturated carbocycles. The summed E-state index contributed by atoms with van der Waals surface area (Å²) in [5, 5.41) is 7.99. The van der Waals surface area contributed by atoms with Gasteiger partial charge in [-0.05, 0) is 49.2 Å². The van der Waals surface area contributed by atoms with Crippen molar-refractivity contribution in [1.29, 1.82) is 0 Å². The van der Waals surface area contributed by atoms with E-state index in [-0.39, 0.29) is 6.54 Å². The van der Waals surface area contributed by atoms with Crippen LogP contribution in [0.3, 0.4) is 0 Å². The second kappa shape index (κ2) is 9.27. The highest BCUT2D eigenvalue weighted by atomic mass is 35.5. The van der Waals surface area contributed by atoms with Crippen LogP contribution in [-0.2, 0) is 19.9 Å². The van der Waals surface area contributed by atoms with Gasteiger partial charge >= 0.3 is 6.03 Å². The lowest BCUT2D eigenvalue weighted by molar-refractivity contribution is -0.135. The molecule has 5 amide bonds. The minimum Gasteiger partial charge on any atom is -0.497 e. The van der Waals surface area contributed by atoms with Crippen molar-refractivity contribution in [2.24, 2.45) is 0 Å². The Labute approximate surface area is 190 Å². The molecule has 2 aromatic rings. The number of hydrogen-bond acceptors (Lipinski definition) is 5. The summed E-state index contributed by atoms with van der Waals surface area (Å²) in [6.45, 7) is 2.57. The smallest absolute Gasteiger partial charge is 0.325 e. The van der Waals surface area contributed by atoms with Crippen molar-refractivity contribution in [3.63, 3.8) is 0 Å². The van der Waals surface area contributed by atoms with E-state index in [4.69, 9.17) is 16.3 Å². The molecule has 168 valence electrons. The minimum atomic E-state index is -1.32. The third kappa shape index (κ3) is 4.83. The summed E-state index contributed by atoms with van der Waals surface area (Å²) >= 11 is 6.08. The summed E-state index contributed by atoms with van der Waals surface area (Å²) < 4.78 is 5.11. The number of nitrogens with zero attached hydrogens (tertiary/aromatic N) is 1. The highest BCUT2D eigenvalue weighted by Crippen LogP contribution is 2.30. The number of halogens is 1. The third-order valence-electron chi connectivity index (χ3n) is 5.09. The molecule has 0 bridgehead atoms. The first-order chi connectivity index (χ1) is 15.1. The Morgan fingerprint density at radius 3 is 2.44 bits per heavy atom. The van der Waals surface area contributed by atoms with Crippen molar-refractivity contribution in [2.75, 3.05) is 25.5 Å². The van der Waals surface area contributed by atoms with Crippen molar-refractivity contribution in [1.82, 2.24) is 15.5 Å². The standard InChI is InChI=1S/C22H23ClN4O5/c1-13-4-9-17(16(23)10-13)25-18(28)11-24-19(29)12-27-20(30)22(2,26-21(27)31)14-5-7-15(32-3)8-6-14/h4-10H,11-12H2,1-3H3,(H,24,29)(H,25,28)(H,26,31). The van der Waals surface area contributed by atoms with Crippen molar-refractivity contribution in [3.8, 4) is 5.75 Å². The molecule has 0 aromatic heterocycles. The Bertz CT molecular complexity index is 1070. The summed E-state index contributed by atoms with van der Waals surface area (Å²) in [6, 6.07) is 11.1. The zero-order valence-corrected chi connectivity index (χ0v) is 18.6. The van der Waals surface area contributed by atoms with E-state index in [1.807, 2.05) is 6.92 Å². The van der Waals surface area contributed by atoms with Crippen LogP contribution in [0.25, 0.3) is 0 Å². The van der Waals surface area contributed by atoms with Gasteiger partial charge in [-0.3, -0.25) is 19.3 Å². The maximum atomic E-state index is 12.9. The third-order valence-corrected chi connectivity index (χ3v) is 5.40. The first kappa shape index (κ1) is 23.1. The lowest BCUT2D eigenvalue weighted by atomic mass is 9.92. The van der Waals surface area contributed by atoms with Gasteiger partial charge in [-0.1, -0.05) is 29.8 Å². The number of benzene rings is 2. The summed E-state index contributed by atoms with van der Waals surface area (Å²) in [7, 11) is 1.52. The van der Waals surface area contributed by atoms with Crippen LogP contribution >= 0.6 is 11.6 Å². The molecule has 2 aromatic carbocycles. The number of rotatable bonds is 7.